The van der Waals surface area contributed by atoms with Crippen molar-refractivity contribution in [2.45, 2.75) is 33.4 Å². The Hall–Kier alpha value is -2.48. The maximum absolute atomic E-state index is 13.1. The molecule has 1 N–H and O–H groups in total. The number of benzene rings is 1. The largest absolute Gasteiger partial charge is 0.332 e. The molecule has 31 heavy (non-hydrogen) atoms. The van der Waals surface area contributed by atoms with Gasteiger partial charge in [-0.25, -0.2) is 4.98 Å². The molecule has 162 valence electrons. The van der Waals surface area contributed by atoms with E-state index in [9.17, 15) is 9.59 Å². The summed E-state index contributed by atoms with van der Waals surface area (Å²) in [5.74, 6) is -0.360. The molecule has 0 radical (unpaired) electrons. The number of thiazole rings is 1. The minimum absolute atomic E-state index is 0.108. The van der Waals surface area contributed by atoms with Crippen molar-refractivity contribution < 1.29 is 9.59 Å². The van der Waals surface area contributed by atoms with Crippen LogP contribution < -0.4 is 5.32 Å². The van der Waals surface area contributed by atoms with Crippen LogP contribution in [0.25, 0.3) is 0 Å². The molecule has 2 heterocycles. The summed E-state index contributed by atoms with van der Waals surface area (Å²) in [6.45, 7) is 4.33. The lowest BCUT2D eigenvalue weighted by atomic mass is 10.2. The molecule has 2 aromatic heterocycles. The van der Waals surface area contributed by atoms with Crippen molar-refractivity contribution in [3.05, 3.63) is 75.0 Å². The van der Waals surface area contributed by atoms with E-state index in [2.05, 4.69) is 15.3 Å². The van der Waals surface area contributed by atoms with Gasteiger partial charge >= 0.3 is 0 Å². The van der Waals surface area contributed by atoms with Crippen LogP contribution in [0, 0.1) is 5.92 Å². The first-order chi connectivity index (χ1) is 14.8. The summed E-state index contributed by atoms with van der Waals surface area (Å²) in [7, 11) is 0. The molecule has 1 aromatic carbocycles. The lowest BCUT2D eigenvalue weighted by Gasteiger charge is -2.22. The van der Waals surface area contributed by atoms with Gasteiger partial charge in [0.05, 0.1) is 34.4 Å². The summed E-state index contributed by atoms with van der Waals surface area (Å²) in [6, 6.07) is 10.9. The highest BCUT2D eigenvalue weighted by molar-refractivity contribution is 7.13. The number of nitrogens with one attached hydrogen (secondary N) is 1. The molecule has 0 aliphatic rings. The van der Waals surface area contributed by atoms with E-state index in [1.807, 2.05) is 38.1 Å². The van der Waals surface area contributed by atoms with E-state index in [0.717, 1.165) is 11.3 Å². The van der Waals surface area contributed by atoms with Gasteiger partial charge in [-0.1, -0.05) is 49.2 Å². The maximum Gasteiger partial charge on any atom is 0.229 e. The summed E-state index contributed by atoms with van der Waals surface area (Å²) >= 11 is 13.5. The Kier molecular flexibility index (Phi) is 8.01. The SMILES string of the molecule is CC(C)C(=O)Nc1nc(CC(=O)N(Cc2ccc(Cl)c(Cl)c2)Cc2ccccn2)cs1. The summed E-state index contributed by atoms with van der Waals surface area (Å²) < 4.78 is 0. The van der Waals surface area contributed by atoms with Gasteiger partial charge in [-0.3, -0.25) is 14.6 Å². The van der Waals surface area contributed by atoms with Gasteiger partial charge in [0.15, 0.2) is 5.13 Å². The zero-order valence-electron chi connectivity index (χ0n) is 17.1. The van der Waals surface area contributed by atoms with E-state index >= 15 is 0 Å². The highest BCUT2D eigenvalue weighted by Gasteiger charge is 2.18. The molecule has 0 aliphatic carbocycles. The number of pyridine rings is 1. The first kappa shape index (κ1) is 23.2. The molecule has 0 unspecified atom stereocenters. The van der Waals surface area contributed by atoms with Crippen LogP contribution in [-0.2, 0) is 29.1 Å². The number of anilines is 1. The van der Waals surface area contributed by atoms with Crippen molar-refractivity contribution in [1.29, 1.82) is 0 Å². The van der Waals surface area contributed by atoms with Crippen LogP contribution in [0.4, 0.5) is 5.13 Å². The molecule has 0 atom stereocenters. The molecule has 6 nitrogen and oxygen atoms in total. The molecule has 9 heteroatoms. The number of hydrogen-bond donors (Lipinski definition) is 1. The third kappa shape index (κ3) is 6.75. The number of halogens is 2. The Morgan fingerprint density at radius 2 is 1.90 bits per heavy atom. The number of aromatic nitrogens is 2. The summed E-state index contributed by atoms with van der Waals surface area (Å²) in [5.41, 5.74) is 2.25. The van der Waals surface area contributed by atoms with Crippen molar-refractivity contribution in [1.82, 2.24) is 14.9 Å². The summed E-state index contributed by atoms with van der Waals surface area (Å²) in [4.78, 5) is 35.4. The van der Waals surface area contributed by atoms with Gasteiger partial charge in [0.25, 0.3) is 0 Å². The quantitative estimate of drug-likeness (QED) is 0.483. The third-order valence-electron chi connectivity index (χ3n) is 4.43. The van der Waals surface area contributed by atoms with E-state index in [-0.39, 0.29) is 24.2 Å². The van der Waals surface area contributed by atoms with Crippen LogP contribution >= 0.6 is 34.5 Å². The van der Waals surface area contributed by atoms with Crippen LogP contribution in [-0.4, -0.2) is 26.7 Å². The Morgan fingerprint density at radius 1 is 1.10 bits per heavy atom. The number of hydrogen-bond acceptors (Lipinski definition) is 5. The van der Waals surface area contributed by atoms with Crippen LogP contribution in [0.5, 0.6) is 0 Å². The molecule has 0 saturated heterocycles. The molecular weight excluding hydrogens is 455 g/mol. The first-order valence-electron chi connectivity index (χ1n) is 9.68. The van der Waals surface area contributed by atoms with Crippen molar-refractivity contribution in [2.24, 2.45) is 5.92 Å². The second-order valence-electron chi connectivity index (χ2n) is 7.28. The minimum Gasteiger partial charge on any atom is -0.332 e. The van der Waals surface area contributed by atoms with E-state index in [1.54, 1.807) is 28.6 Å². The van der Waals surface area contributed by atoms with Gasteiger partial charge in [-0.2, -0.15) is 0 Å². The lowest BCUT2D eigenvalue weighted by molar-refractivity contribution is -0.131. The van der Waals surface area contributed by atoms with Gasteiger partial charge < -0.3 is 10.2 Å². The normalized spacial score (nSPS) is 10.9. The molecule has 0 fully saturated rings. The van der Waals surface area contributed by atoms with Crippen molar-refractivity contribution in [3.8, 4) is 0 Å². The fourth-order valence-electron chi connectivity index (χ4n) is 2.74. The van der Waals surface area contributed by atoms with Crippen molar-refractivity contribution in [2.75, 3.05) is 5.32 Å². The Morgan fingerprint density at radius 3 is 2.58 bits per heavy atom. The molecule has 3 rings (SSSR count). The van der Waals surface area contributed by atoms with Gasteiger partial charge in [-0.05, 0) is 29.8 Å². The average Bonchev–Trinajstić information content (AvgIpc) is 3.17. The molecule has 0 spiro atoms. The molecule has 2 amide bonds. The highest BCUT2D eigenvalue weighted by Crippen LogP contribution is 2.24. The van der Waals surface area contributed by atoms with Crippen LogP contribution in [0.2, 0.25) is 10.0 Å². The van der Waals surface area contributed by atoms with Crippen molar-refractivity contribution >= 4 is 51.5 Å². The topological polar surface area (TPSA) is 75.2 Å². The van der Waals surface area contributed by atoms with Gasteiger partial charge in [-0.15, -0.1) is 11.3 Å². The van der Waals surface area contributed by atoms with E-state index in [4.69, 9.17) is 23.2 Å². The fourth-order valence-corrected chi connectivity index (χ4v) is 3.77. The molecule has 0 bridgehead atoms. The van der Waals surface area contributed by atoms with E-state index in [1.165, 1.54) is 11.3 Å². The number of nitrogens with zero attached hydrogens (tertiary/aromatic N) is 3. The monoisotopic (exact) mass is 476 g/mol. The lowest BCUT2D eigenvalue weighted by Crippen LogP contribution is -2.31. The zero-order valence-corrected chi connectivity index (χ0v) is 19.5. The predicted octanol–water partition coefficient (Wildman–Crippen LogP) is 5.21. The number of amides is 2. The Labute approximate surface area is 195 Å². The Bertz CT molecular complexity index is 1060. The highest BCUT2D eigenvalue weighted by atomic mass is 35.5. The van der Waals surface area contributed by atoms with Crippen LogP contribution in [0.15, 0.2) is 48.0 Å². The number of carbonyl (C=O) groups is 2. The van der Waals surface area contributed by atoms with E-state index in [0.29, 0.717) is 34.0 Å². The maximum atomic E-state index is 13.1. The molecule has 3 aromatic rings. The molecule has 0 aliphatic heterocycles. The molecular formula is C22H22Cl2N4O2S. The van der Waals surface area contributed by atoms with Gasteiger partial charge in [0, 0.05) is 24.0 Å². The van der Waals surface area contributed by atoms with Gasteiger partial charge in [0.2, 0.25) is 11.8 Å². The fraction of sp³-hybridized carbons (Fsp3) is 0.273. The minimum atomic E-state index is -0.144. The average molecular weight is 477 g/mol. The third-order valence-corrected chi connectivity index (χ3v) is 5.97. The first-order valence-corrected chi connectivity index (χ1v) is 11.3. The van der Waals surface area contributed by atoms with E-state index < -0.39 is 0 Å². The zero-order chi connectivity index (χ0) is 22.4. The number of carbonyl (C=O) groups excluding carboxylic acids is 2. The predicted molar refractivity (Wildman–Crippen MR) is 124 cm³/mol. The second-order valence-corrected chi connectivity index (χ2v) is 8.96. The second kappa shape index (κ2) is 10.7. The standard InChI is InChI=1S/C22H22Cl2N4O2S/c1-14(2)21(30)27-22-26-17(13-31-22)10-20(29)28(12-16-5-3-4-8-25-16)11-15-6-7-18(23)19(24)9-15/h3-9,13-14H,10-12H2,1-2H3,(H,26,27,30). The smallest absolute Gasteiger partial charge is 0.229 e. The summed E-state index contributed by atoms with van der Waals surface area (Å²) in [6.07, 6.45) is 1.81. The van der Waals surface area contributed by atoms with Crippen LogP contribution in [0.3, 0.4) is 0 Å². The molecule has 0 saturated carbocycles. The van der Waals surface area contributed by atoms with Crippen molar-refractivity contribution in [3.63, 3.8) is 0 Å². The van der Waals surface area contributed by atoms with Gasteiger partial charge in [0.1, 0.15) is 0 Å². The van der Waals surface area contributed by atoms with Crippen LogP contribution in [0.1, 0.15) is 30.8 Å². The Balaban J connectivity index is 1.74. The number of rotatable bonds is 8. The summed E-state index contributed by atoms with van der Waals surface area (Å²) in [5, 5.41) is 5.94.